The number of carboxylic acids is 2. The summed E-state index contributed by atoms with van der Waals surface area (Å²) >= 11 is 0. The summed E-state index contributed by atoms with van der Waals surface area (Å²) in [6.07, 6.45) is 10.9. The normalized spacial score (nSPS) is 13.7. The van der Waals surface area contributed by atoms with Crippen molar-refractivity contribution in [3.8, 4) is 0 Å². The lowest BCUT2D eigenvalue weighted by molar-refractivity contribution is -0.139. The fourth-order valence-corrected chi connectivity index (χ4v) is 3.04. The van der Waals surface area contributed by atoms with Gasteiger partial charge >= 0.3 is 11.9 Å². The quantitative estimate of drug-likeness (QED) is 0.412. The summed E-state index contributed by atoms with van der Waals surface area (Å²) < 4.78 is 0. The fourth-order valence-electron chi connectivity index (χ4n) is 3.04. The second-order valence-corrected chi connectivity index (χ2v) is 6.50. The third-order valence-corrected chi connectivity index (χ3v) is 4.33. The Hall–Kier alpha value is -1.06. The monoisotopic (exact) mass is 314 g/mol. The van der Waals surface area contributed by atoms with E-state index in [1.165, 1.54) is 0 Å². The molecule has 2 N–H and O–H groups in total. The second-order valence-electron chi connectivity index (χ2n) is 6.50. The summed E-state index contributed by atoms with van der Waals surface area (Å²) in [5.41, 5.74) is 0. The Balaban J connectivity index is 4.04. The molecule has 4 nitrogen and oxygen atoms in total. The average molecular weight is 314 g/mol. The third-order valence-electron chi connectivity index (χ3n) is 4.33. The lowest BCUT2D eigenvalue weighted by Crippen LogP contribution is -2.10. The smallest absolute Gasteiger partial charge is 0.303 e. The largest absolute Gasteiger partial charge is 0.481 e. The molecule has 130 valence electrons. The van der Waals surface area contributed by atoms with Gasteiger partial charge in [0.15, 0.2) is 0 Å². The third kappa shape index (κ3) is 12.7. The van der Waals surface area contributed by atoms with Crippen LogP contribution in [0.25, 0.3) is 0 Å². The number of hydrogen-bond donors (Lipinski definition) is 2. The SMILES string of the molecule is CCCCC(CCCCC(CCCC)CC(=O)O)CC(=O)O. The summed E-state index contributed by atoms with van der Waals surface area (Å²) in [7, 11) is 0. The topological polar surface area (TPSA) is 74.6 Å². The van der Waals surface area contributed by atoms with Crippen molar-refractivity contribution >= 4 is 11.9 Å². The van der Waals surface area contributed by atoms with E-state index in [2.05, 4.69) is 13.8 Å². The molecule has 2 atom stereocenters. The van der Waals surface area contributed by atoms with E-state index in [0.717, 1.165) is 64.2 Å². The van der Waals surface area contributed by atoms with Gasteiger partial charge in [0.25, 0.3) is 0 Å². The first-order valence-electron chi connectivity index (χ1n) is 8.93. The molecule has 0 amide bonds. The molecule has 0 heterocycles. The summed E-state index contributed by atoms with van der Waals surface area (Å²) in [6.45, 7) is 4.25. The van der Waals surface area contributed by atoms with E-state index in [1.807, 2.05) is 0 Å². The molecule has 0 aliphatic heterocycles. The Kier molecular flexibility index (Phi) is 12.9. The number of carbonyl (C=O) groups is 2. The summed E-state index contributed by atoms with van der Waals surface area (Å²) in [5, 5.41) is 17.9. The fraction of sp³-hybridized carbons (Fsp3) is 0.889. The van der Waals surface area contributed by atoms with Gasteiger partial charge in [-0.05, 0) is 37.5 Å². The minimum Gasteiger partial charge on any atom is -0.481 e. The Bertz CT molecular complexity index is 271. The number of aliphatic carboxylic acids is 2. The van der Waals surface area contributed by atoms with Crippen molar-refractivity contribution in [3.05, 3.63) is 0 Å². The van der Waals surface area contributed by atoms with Crippen LogP contribution in [0.4, 0.5) is 0 Å². The molecule has 2 unspecified atom stereocenters. The maximum Gasteiger partial charge on any atom is 0.303 e. The van der Waals surface area contributed by atoms with Crippen LogP contribution in [0.1, 0.15) is 90.9 Å². The molecule has 0 aromatic heterocycles. The van der Waals surface area contributed by atoms with Crippen LogP contribution in [-0.4, -0.2) is 22.2 Å². The van der Waals surface area contributed by atoms with E-state index in [0.29, 0.717) is 0 Å². The van der Waals surface area contributed by atoms with Crippen molar-refractivity contribution in [3.63, 3.8) is 0 Å². The Morgan fingerprint density at radius 1 is 0.682 bits per heavy atom. The van der Waals surface area contributed by atoms with Gasteiger partial charge in [0.1, 0.15) is 0 Å². The van der Waals surface area contributed by atoms with Gasteiger partial charge in [0, 0.05) is 12.8 Å². The van der Waals surface area contributed by atoms with Gasteiger partial charge in [0.05, 0.1) is 0 Å². The van der Waals surface area contributed by atoms with E-state index < -0.39 is 11.9 Å². The molecule has 0 radical (unpaired) electrons. The molecule has 0 saturated heterocycles. The lowest BCUT2D eigenvalue weighted by atomic mass is 9.89. The summed E-state index contributed by atoms with van der Waals surface area (Å²) in [5.74, 6) is -0.836. The maximum absolute atomic E-state index is 10.9. The van der Waals surface area contributed by atoms with Crippen LogP contribution in [-0.2, 0) is 9.59 Å². The van der Waals surface area contributed by atoms with Crippen molar-refractivity contribution in [1.29, 1.82) is 0 Å². The molecule has 0 bridgehead atoms. The van der Waals surface area contributed by atoms with Gasteiger partial charge < -0.3 is 10.2 Å². The highest BCUT2D eigenvalue weighted by Gasteiger charge is 2.15. The van der Waals surface area contributed by atoms with Crippen LogP contribution in [0.3, 0.4) is 0 Å². The molecule has 4 heteroatoms. The zero-order valence-corrected chi connectivity index (χ0v) is 14.4. The van der Waals surface area contributed by atoms with Gasteiger partial charge in [-0.1, -0.05) is 52.4 Å². The van der Waals surface area contributed by atoms with Crippen LogP contribution in [0.5, 0.6) is 0 Å². The van der Waals surface area contributed by atoms with Gasteiger partial charge in [-0.3, -0.25) is 9.59 Å². The van der Waals surface area contributed by atoms with Gasteiger partial charge in [0.2, 0.25) is 0 Å². The predicted molar refractivity (Wildman–Crippen MR) is 89.0 cm³/mol. The Morgan fingerprint density at radius 3 is 1.27 bits per heavy atom. The first-order chi connectivity index (χ1) is 10.5. The maximum atomic E-state index is 10.9. The molecular formula is C18H34O4. The van der Waals surface area contributed by atoms with Crippen LogP contribution in [0.2, 0.25) is 0 Å². The van der Waals surface area contributed by atoms with Crippen LogP contribution < -0.4 is 0 Å². The zero-order valence-electron chi connectivity index (χ0n) is 14.4. The minimum absolute atomic E-state index is 0.272. The minimum atomic E-state index is -0.701. The summed E-state index contributed by atoms with van der Waals surface area (Å²) in [6, 6.07) is 0. The number of rotatable bonds is 15. The van der Waals surface area contributed by atoms with Crippen molar-refractivity contribution in [1.82, 2.24) is 0 Å². The first-order valence-corrected chi connectivity index (χ1v) is 8.93. The average Bonchev–Trinajstić information content (AvgIpc) is 2.44. The molecule has 0 aromatic rings. The molecular weight excluding hydrogens is 280 g/mol. The number of carboxylic acid groups (broad SMARTS) is 2. The molecule has 0 aromatic carbocycles. The van der Waals surface area contributed by atoms with E-state index >= 15 is 0 Å². The standard InChI is InChI=1S/C18H34O4/c1-3-5-9-15(13-17(19)20)11-7-8-12-16(10-6-4-2)14-18(21)22/h15-16H,3-14H2,1-2H3,(H,19,20)(H,21,22). The van der Waals surface area contributed by atoms with E-state index in [-0.39, 0.29) is 24.7 Å². The highest BCUT2D eigenvalue weighted by Crippen LogP contribution is 2.24. The Morgan fingerprint density at radius 2 is 1.00 bits per heavy atom. The van der Waals surface area contributed by atoms with Crippen LogP contribution >= 0.6 is 0 Å². The van der Waals surface area contributed by atoms with Crippen molar-refractivity contribution in [2.45, 2.75) is 90.9 Å². The van der Waals surface area contributed by atoms with Crippen molar-refractivity contribution in [2.75, 3.05) is 0 Å². The van der Waals surface area contributed by atoms with Crippen LogP contribution in [0, 0.1) is 11.8 Å². The first kappa shape index (κ1) is 20.9. The second kappa shape index (κ2) is 13.6. The van der Waals surface area contributed by atoms with Crippen molar-refractivity contribution in [2.24, 2.45) is 11.8 Å². The molecule has 22 heavy (non-hydrogen) atoms. The Labute approximate surface area is 135 Å². The van der Waals surface area contributed by atoms with Crippen LogP contribution in [0.15, 0.2) is 0 Å². The molecule has 0 aliphatic carbocycles. The molecule has 0 rings (SSSR count). The highest BCUT2D eigenvalue weighted by molar-refractivity contribution is 5.67. The van der Waals surface area contributed by atoms with E-state index in [4.69, 9.17) is 10.2 Å². The molecule has 0 saturated carbocycles. The van der Waals surface area contributed by atoms with Gasteiger partial charge in [-0.25, -0.2) is 0 Å². The highest BCUT2D eigenvalue weighted by atomic mass is 16.4. The predicted octanol–water partition coefficient (Wildman–Crippen LogP) is 5.11. The summed E-state index contributed by atoms with van der Waals surface area (Å²) in [4.78, 5) is 21.8. The lowest BCUT2D eigenvalue weighted by Gasteiger charge is -2.17. The number of hydrogen-bond acceptors (Lipinski definition) is 2. The van der Waals surface area contributed by atoms with Crippen molar-refractivity contribution < 1.29 is 19.8 Å². The van der Waals surface area contributed by atoms with E-state index in [1.54, 1.807) is 0 Å². The number of unbranched alkanes of at least 4 members (excludes halogenated alkanes) is 3. The molecule has 0 fully saturated rings. The molecule has 0 spiro atoms. The molecule has 0 aliphatic rings. The van der Waals surface area contributed by atoms with E-state index in [9.17, 15) is 9.59 Å². The van der Waals surface area contributed by atoms with Gasteiger partial charge in [-0.15, -0.1) is 0 Å². The zero-order chi connectivity index (χ0) is 16.8. The van der Waals surface area contributed by atoms with Gasteiger partial charge in [-0.2, -0.15) is 0 Å².